The molecule has 21 heavy (non-hydrogen) atoms. The summed E-state index contributed by atoms with van der Waals surface area (Å²) in [5.74, 6) is -1.51. The zero-order chi connectivity index (χ0) is 15.5. The van der Waals surface area contributed by atoms with Crippen molar-refractivity contribution in [2.45, 2.75) is 18.9 Å². The van der Waals surface area contributed by atoms with Gasteiger partial charge in [0.1, 0.15) is 0 Å². The third kappa shape index (κ3) is 4.29. The topological polar surface area (TPSA) is 104 Å². The number of esters is 1. The number of hydrogen-bond donors (Lipinski definition) is 1. The smallest absolute Gasteiger partial charge is 0.307 e. The summed E-state index contributed by atoms with van der Waals surface area (Å²) in [6.07, 6.45) is -0.712. The molecule has 0 bridgehead atoms. The molecule has 1 aromatic rings. The van der Waals surface area contributed by atoms with E-state index in [0.29, 0.717) is 12.0 Å². The van der Waals surface area contributed by atoms with Gasteiger partial charge in [0.2, 0.25) is 6.10 Å². The predicted molar refractivity (Wildman–Crippen MR) is 75.8 cm³/mol. The number of nitrogens with two attached hydrogens (primary N) is 1. The maximum Gasteiger partial charge on any atom is 0.307 e. The summed E-state index contributed by atoms with van der Waals surface area (Å²) in [5, 5.41) is 0. The minimum atomic E-state index is -3.04. The summed E-state index contributed by atoms with van der Waals surface area (Å²) >= 11 is 0. The number of hydrogen-bond acceptors (Lipinski definition) is 5. The molecule has 1 heterocycles. The first kappa shape index (κ1) is 15.5. The van der Waals surface area contributed by atoms with Crippen molar-refractivity contribution in [1.82, 2.24) is 0 Å². The van der Waals surface area contributed by atoms with Crippen LogP contribution < -0.4 is 5.73 Å². The van der Waals surface area contributed by atoms with Crippen LogP contribution in [-0.4, -0.2) is 31.8 Å². The van der Waals surface area contributed by atoms with Gasteiger partial charge in [-0.1, -0.05) is 30.3 Å². The van der Waals surface area contributed by atoms with Crippen molar-refractivity contribution in [1.29, 1.82) is 0 Å². The molecule has 1 amide bonds. The molecule has 0 saturated carbocycles. The lowest BCUT2D eigenvalue weighted by molar-refractivity contribution is -0.156. The number of benzene rings is 1. The maximum absolute atomic E-state index is 11.9. The fourth-order valence-corrected chi connectivity index (χ4v) is 4.23. The fraction of sp³-hybridized carbons (Fsp3) is 0.429. The van der Waals surface area contributed by atoms with Gasteiger partial charge >= 0.3 is 5.97 Å². The second-order valence-electron chi connectivity index (χ2n) is 5.16. The Morgan fingerprint density at radius 1 is 1.29 bits per heavy atom. The summed E-state index contributed by atoms with van der Waals surface area (Å²) in [6, 6.07) is 8.48. The molecule has 1 aromatic carbocycles. The Labute approximate surface area is 123 Å². The van der Waals surface area contributed by atoms with Crippen molar-refractivity contribution in [2.24, 2.45) is 11.7 Å². The molecule has 1 saturated heterocycles. The van der Waals surface area contributed by atoms with Crippen LogP contribution in [0.1, 0.15) is 24.5 Å². The average molecular weight is 311 g/mol. The van der Waals surface area contributed by atoms with Crippen molar-refractivity contribution < 1.29 is 22.7 Å². The van der Waals surface area contributed by atoms with Crippen LogP contribution in [0.25, 0.3) is 0 Å². The molecular formula is C14H17NO5S. The Morgan fingerprint density at radius 3 is 2.48 bits per heavy atom. The highest BCUT2D eigenvalue weighted by molar-refractivity contribution is 7.91. The van der Waals surface area contributed by atoms with Crippen molar-refractivity contribution >= 4 is 21.7 Å². The molecule has 2 rings (SSSR count). The lowest BCUT2D eigenvalue weighted by atomic mass is 10.1. The van der Waals surface area contributed by atoms with Gasteiger partial charge < -0.3 is 10.5 Å². The quantitative estimate of drug-likeness (QED) is 0.801. The van der Waals surface area contributed by atoms with E-state index in [1.165, 1.54) is 0 Å². The summed E-state index contributed by atoms with van der Waals surface area (Å²) in [6.45, 7) is 0. The Hall–Kier alpha value is -1.89. The summed E-state index contributed by atoms with van der Waals surface area (Å²) in [4.78, 5) is 23.3. The summed E-state index contributed by atoms with van der Waals surface area (Å²) < 4.78 is 27.8. The fourth-order valence-electron chi connectivity index (χ4n) is 2.37. The molecule has 2 atom stereocenters. The van der Waals surface area contributed by atoms with Crippen molar-refractivity contribution in [3.8, 4) is 0 Å². The van der Waals surface area contributed by atoms with Gasteiger partial charge in [-0.05, 0) is 12.3 Å². The Morgan fingerprint density at radius 2 is 1.95 bits per heavy atom. The highest BCUT2D eigenvalue weighted by Gasteiger charge is 2.31. The molecule has 7 heteroatoms. The standard InChI is InChI=1S/C14H17NO5S/c15-14(17)13(11-4-2-1-3-5-11)20-12(16)8-10-6-7-21(18,19)9-10/h1-5,10,13H,6-9H2,(H2,15,17). The van der Waals surface area contributed by atoms with E-state index in [9.17, 15) is 18.0 Å². The van der Waals surface area contributed by atoms with E-state index in [-0.39, 0.29) is 23.8 Å². The number of ether oxygens (including phenoxy) is 1. The highest BCUT2D eigenvalue weighted by atomic mass is 32.2. The average Bonchev–Trinajstić information content (AvgIpc) is 2.76. The van der Waals surface area contributed by atoms with Crippen LogP contribution in [0, 0.1) is 5.92 Å². The summed E-state index contributed by atoms with van der Waals surface area (Å²) in [5.41, 5.74) is 5.75. The van der Waals surface area contributed by atoms with Crippen molar-refractivity contribution in [2.75, 3.05) is 11.5 Å². The van der Waals surface area contributed by atoms with Gasteiger partial charge in [-0.25, -0.2) is 8.42 Å². The minimum absolute atomic E-state index is 0.00528. The molecule has 6 nitrogen and oxygen atoms in total. The molecule has 1 aliphatic heterocycles. The van der Waals surface area contributed by atoms with Gasteiger partial charge in [-0.2, -0.15) is 0 Å². The third-order valence-corrected chi connectivity index (χ3v) is 5.23. The second kappa shape index (κ2) is 6.26. The lowest BCUT2D eigenvalue weighted by Gasteiger charge is -2.16. The first-order chi connectivity index (χ1) is 9.87. The van der Waals surface area contributed by atoms with Crippen LogP contribution >= 0.6 is 0 Å². The van der Waals surface area contributed by atoms with E-state index >= 15 is 0 Å². The number of sulfone groups is 1. The van der Waals surface area contributed by atoms with Crippen LogP contribution in [0.5, 0.6) is 0 Å². The zero-order valence-corrected chi connectivity index (χ0v) is 12.2. The predicted octanol–water partition coefficient (Wildman–Crippen LogP) is 0.581. The molecule has 2 N–H and O–H groups in total. The Bertz CT molecular complexity index is 626. The molecule has 0 radical (unpaired) electrons. The van der Waals surface area contributed by atoms with Crippen molar-refractivity contribution in [3.05, 3.63) is 35.9 Å². The second-order valence-corrected chi connectivity index (χ2v) is 7.38. The molecule has 1 aliphatic rings. The SMILES string of the molecule is NC(=O)C(OC(=O)CC1CCS(=O)(=O)C1)c1ccccc1. The van der Waals surface area contributed by atoms with E-state index < -0.39 is 27.8 Å². The normalized spacial score (nSPS) is 21.6. The van der Waals surface area contributed by atoms with Gasteiger partial charge in [0, 0.05) is 12.0 Å². The molecule has 1 fully saturated rings. The van der Waals surface area contributed by atoms with Crippen LogP contribution in [0.2, 0.25) is 0 Å². The Kier molecular flexibility index (Phi) is 4.62. The highest BCUT2D eigenvalue weighted by Crippen LogP contribution is 2.24. The van der Waals surface area contributed by atoms with Crippen LogP contribution in [-0.2, 0) is 24.2 Å². The monoisotopic (exact) mass is 311 g/mol. The number of primary amides is 1. The third-order valence-electron chi connectivity index (χ3n) is 3.39. The van der Waals surface area contributed by atoms with E-state index in [2.05, 4.69) is 0 Å². The van der Waals surface area contributed by atoms with Crippen molar-refractivity contribution in [3.63, 3.8) is 0 Å². The van der Waals surface area contributed by atoms with E-state index in [4.69, 9.17) is 10.5 Å². The van der Waals surface area contributed by atoms with Gasteiger partial charge in [0.25, 0.3) is 5.91 Å². The van der Waals surface area contributed by atoms with Gasteiger partial charge in [-0.3, -0.25) is 9.59 Å². The molecular weight excluding hydrogens is 294 g/mol. The Balaban J connectivity index is 1.98. The van der Waals surface area contributed by atoms with E-state index in [1.807, 2.05) is 0 Å². The number of carbonyl (C=O) groups is 2. The van der Waals surface area contributed by atoms with E-state index in [0.717, 1.165) is 0 Å². The largest absolute Gasteiger partial charge is 0.447 e. The zero-order valence-electron chi connectivity index (χ0n) is 11.4. The maximum atomic E-state index is 11.9. The minimum Gasteiger partial charge on any atom is -0.447 e. The molecule has 114 valence electrons. The summed E-state index contributed by atoms with van der Waals surface area (Å²) in [7, 11) is -3.04. The van der Waals surface area contributed by atoms with Gasteiger partial charge in [0.15, 0.2) is 9.84 Å². The molecule has 2 unspecified atom stereocenters. The lowest BCUT2D eigenvalue weighted by Crippen LogP contribution is -2.27. The first-order valence-corrected chi connectivity index (χ1v) is 8.44. The number of carbonyl (C=O) groups excluding carboxylic acids is 2. The van der Waals surface area contributed by atoms with Gasteiger partial charge in [-0.15, -0.1) is 0 Å². The number of amides is 1. The van der Waals surface area contributed by atoms with Crippen LogP contribution in [0.3, 0.4) is 0 Å². The molecule has 0 spiro atoms. The van der Waals surface area contributed by atoms with Crippen LogP contribution in [0.4, 0.5) is 0 Å². The van der Waals surface area contributed by atoms with E-state index in [1.54, 1.807) is 30.3 Å². The van der Waals surface area contributed by atoms with Gasteiger partial charge in [0.05, 0.1) is 11.5 Å². The number of rotatable bonds is 5. The first-order valence-electron chi connectivity index (χ1n) is 6.61. The molecule has 0 aromatic heterocycles. The van der Waals surface area contributed by atoms with Crippen LogP contribution in [0.15, 0.2) is 30.3 Å². The molecule has 0 aliphatic carbocycles.